The van der Waals surface area contributed by atoms with Crippen molar-refractivity contribution in [3.8, 4) is 0 Å². The smallest absolute Gasteiger partial charge is 0.298 e. The number of aromatic nitrogens is 1. The molecule has 2 heterocycles. The lowest BCUT2D eigenvalue weighted by Crippen LogP contribution is -2.49. The van der Waals surface area contributed by atoms with Gasteiger partial charge in [-0.3, -0.25) is 24.8 Å². The molecule has 20 heavy (non-hydrogen) atoms. The molecule has 0 saturated carbocycles. The predicted octanol–water partition coefficient (Wildman–Crippen LogP) is 1.49. The van der Waals surface area contributed by atoms with Crippen LogP contribution in [0, 0.1) is 0 Å². The maximum absolute atomic E-state index is 11.9. The molecular weight excluding hydrogens is 258 g/mol. The summed E-state index contributed by atoms with van der Waals surface area (Å²) in [4.78, 5) is 39.7. The van der Waals surface area contributed by atoms with Gasteiger partial charge in [0.15, 0.2) is 6.29 Å². The van der Waals surface area contributed by atoms with E-state index in [1.54, 1.807) is 24.5 Å². The van der Waals surface area contributed by atoms with Crippen LogP contribution in [-0.4, -0.2) is 29.8 Å². The summed E-state index contributed by atoms with van der Waals surface area (Å²) in [6.07, 6.45) is 4.16. The lowest BCUT2D eigenvalue weighted by Gasteiger charge is -2.27. The number of nitrogens with zero attached hydrogens (tertiary/aromatic N) is 2. The minimum atomic E-state index is -0.466. The highest BCUT2D eigenvalue weighted by molar-refractivity contribution is 6.11. The summed E-state index contributed by atoms with van der Waals surface area (Å²) in [5.74, 6) is -0.284. The van der Waals surface area contributed by atoms with E-state index in [-0.39, 0.29) is 12.3 Å². The third-order valence-electron chi connectivity index (χ3n) is 3.29. The maximum atomic E-state index is 11.9. The summed E-state index contributed by atoms with van der Waals surface area (Å²) < 4.78 is 0. The molecule has 6 heteroatoms. The van der Waals surface area contributed by atoms with Crippen molar-refractivity contribution in [1.82, 2.24) is 10.3 Å². The van der Waals surface area contributed by atoms with Crippen LogP contribution in [0.3, 0.4) is 0 Å². The number of aldehydes is 1. The number of imide groups is 1. The summed E-state index contributed by atoms with van der Waals surface area (Å²) in [6, 6.07) is 4.80. The quantitative estimate of drug-likeness (QED) is 0.838. The van der Waals surface area contributed by atoms with Crippen molar-refractivity contribution in [3.05, 3.63) is 36.2 Å². The van der Waals surface area contributed by atoms with Crippen molar-refractivity contribution in [2.75, 3.05) is 11.4 Å². The van der Waals surface area contributed by atoms with Gasteiger partial charge < -0.3 is 0 Å². The van der Waals surface area contributed by atoms with E-state index in [0.29, 0.717) is 23.2 Å². The SMILES string of the molecule is O=Cc1cccc2c(N3CCC(=O)NC3=O)cncc12. The van der Waals surface area contributed by atoms with Crippen LogP contribution in [0.4, 0.5) is 10.5 Å². The molecule has 0 spiro atoms. The van der Waals surface area contributed by atoms with Crippen molar-refractivity contribution in [2.45, 2.75) is 6.42 Å². The number of carbonyl (C=O) groups excluding carboxylic acids is 3. The lowest BCUT2D eigenvalue weighted by molar-refractivity contribution is -0.120. The Labute approximate surface area is 114 Å². The molecule has 2 aromatic rings. The predicted molar refractivity (Wildman–Crippen MR) is 72.6 cm³/mol. The van der Waals surface area contributed by atoms with Crippen LogP contribution in [-0.2, 0) is 4.79 Å². The summed E-state index contributed by atoms with van der Waals surface area (Å²) in [5, 5.41) is 3.72. The molecule has 0 bridgehead atoms. The van der Waals surface area contributed by atoms with E-state index in [0.717, 1.165) is 11.7 Å². The van der Waals surface area contributed by atoms with Crippen LogP contribution in [0.25, 0.3) is 10.8 Å². The lowest BCUT2D eigenvalue weighted by atomic mass is 10.1. The number of anilines is 1. The van der Waals surface area contributed by atoms with E-state index in [9.17, 15) is 14.4 Å². The van der Waals surface area contributed by atoms with Gasteiger partial charge in [-0.05, 0) is 0 Å². The van der Waals surface area contributed by atoms with Crippen LogP contribution in [0.15, 0.2) is 30.6 Å². The molecule has 1 saturated heterocycles. The number of hydrogen-bond acceptors (Lipinski definition) is 4. The molecule has 1 aliphatic heterocycles. The summed E-state index contributed by atoms with van der Waals surface area (Å²) in [7, 11) is 0. The topological polar surface area (TPSA) is 79.4 Å². The third-order valence-corrected chi connectivity index (χ3v) is 3.29. The zero-order valence-electron chi connectivity index (χ0n) is 10.5. The Morgan fingerprint density at radius 1 is 1.20 bits per heavy atom. The molecule has 1 aliphatic rings. The van der Waals surface area contributed by atoms with Gasteiger partial charge in [-0.1, -0.05) is 18.2 Å². The number of urea groups is 1. The van der Waals surface area contributed by atoms with Crippen LogP contribution < -0.4 is 10.2 Å². The number of fused-ring (bicyclic) bond motifs is 1. The van der Waals surface area contributed by atoms with E-state index in [2.05, 4.69) is 10.3 Å². The minimum Gasteiger partial charge on any atom is -0.298 e. The van der Waals surface area contributed by atoms with E-state index in [1.807, 2.05) is 6.07 Å². The molecule has 100 valence electrons. The molecule has 1 aromatic heterocycles. The Hall–Kier alpha value is -2.76. The number of hydrogen-bond donors (Lipinski definition) is 1. The number of carbonyl (C=O) groups is 3. The Kier molecular flexibility index (Phi) is 2.90. The second-order valence-electron chi connectivity index (χ2n) is 4.47. The van der Waals surface area contributed by atoms with Crippen LogP contribution in [0.5, 0.6) is 0 Å². The summed E-state index contributed by atoms with van der Waals surface area (Å²) in [5.41, 5.74) is 1.11. The van der Waals surface area contributed by atoms with Gasteiger partial charge in [0.1, 0.15) is 0 Å². The Bertz CT molecular complexity index is 727. The van der Waals surface area contributed by atoms with Crippen molar-refractivity contribution < 1.29 is 14.4 Å². The zero-order chi connectivity index (χ0) is 14.1. The molecule has 0 atom stereocenters. The first-order valence-corrected chi connectivity index (χ1v) is 6.14. The first-order chi connectivity index (χ1) is 9.70. The zero-order valence-corrected chi connectivity index (χ0v) is 10.5. The van der Waals surface area contributed by atoms with Crippen LogP contribution in [0.1, 0.15) is 16.8 Å². The molecule has 0 aliphatic carbocycles. The fourth-order valence-corrected chi connectivity index (χ4v) is 2.31. The van der Waals surface area contributed by atoms with Gasteiger partial charge in [-0.15, -0.1) is 0 Å². The Balaban J connectivity index is 2.15. The van der Waals surface area contributed by atoms with E-state index >= 15 is 0 Å². The number of rotatable bonds is 2. The van der Waals surface area contributed by atoms with Gasteiger partial charge in [-0.25, -0.2) is 4.79 Å². The normalized spacial score (nSPS) is 15.3. The number of amides is 3. The van der Waals surface area contributed by atoms with Gasteiger partial charge in [0, 0.05) is 35.5 Å². The third kappa shape index (κ3) is 1.91. The monoisotopic (exact) mass is 269 g/mol. The van der Waals surface area contributed by atoms with Gasteiger partial charge in [0.25, 0.3) is 0 Å². The molecule has 6 nitrogen and oxygen atoms in total. The number of benzene rings is 1. The Morgan fingerprint density at radius 3 is 2.80 bits per heavy atom. The molecule has 1 aromatic carbocycles. The molecule has 1 N–H and O–H groups in total. The fraction of sp³-hybridized carbons (Fsp3) is 0.143. The van der Waals surface area contributed by atoms with Crippen LogP contribution >= 0.6 is 0 Å². The summed E-state index contributed by atoms with van der Waals surface area (Å²) >= 11 is 0. The molecule has 3 amide bonds. The first-order valence-electron chi connectivity index (χ1n) is 6.14. The van der Waals surface area contributed by atoms with E-state index in [1.165, 1.54) is 4.90 Å². The average Bonchev–Trinajstić information content (AvgIpc) is 2.46. The molecular formula is C14H11N3O3. The second kappa shape index (κ2) is 4.73. The van der Waals surface area contributed by atoms with E-state index in [4.69, 9.17) is 0 Å². The average molecular weight is 269 g/mol. The van der Waals surface area contributed by atoms with Crippen molar-refractivity contribution >= 4 is 34.7 Å². The standard InChI is InChI=1S/C14H11N3O3/c18-8-9-2-1-3-10-11(9)6-15-7-12(10)17-5-4-13(19)16-14(17)20/h1-3,6-8H,4-5H2,(H,16,19,20). The van der Waals surface area contributed by atoms with Gasteiger partial charge in [0.2, 0.25) is 5.91 Å². The molecule has 0 radical (unpaired) electrons. The largest absolute Gasteiger partial charge is 0.328 e. The maximum Gasteiger partial charge on any atom is 0.328 e. The van der Waals surface area contributed by atoms with Gasteiger partial charge in [0.05, 0.1) is 11.9 Å². The molecule has 3 rings (SSSR count). The molecule has 1 fully saturated rings. The van der Waals surface area contributed by atoms with Gasteiger partial charge in [-0.2, -0.15) is 0 Å². The highest BCUT2D eigenvalue weighted by Crippen LogP contribution is 2.28. The number of nitrogens with one attached hydrogen (secondary N) is 1. The first kappa shape index (κ1) is 12.3. The molecule has 0 unspecified atom stereocenters. The van der Waals surface area contributed by atoms with Gasteiger partial charge >= 0.3 is 6.03 Å². The highest BCUT2D eigenvalue weighted by Gasteiger charge is 2.25. The van der Waals surface area contributed by atoms with Crippen molar-refractivity contribution in [3.63, 3.8) is 0 Å². The van der Waals surface area contributed by atoms with Crippen molar-refractivity contribution in [2.24, 2.45) is 0 Å². The summed E-state index contributed by atoms with van der Waals surface area (Å²) in [6.45, 7) is 0.302. The minimum absolute atomic E-state index is 0.246. The second-order valence-corrected chi connectivity index (χ2v) is 4.47. The van der Waals surface area contributed by atoms with Crippen LogP contribution in [0.2, 0.25) is 0 Å². The fourth-order valence-electron chi connectivity index (χ4n) is 2.31. The number of pyridine rings is 1. The van der Waals surface area contributed by atoms with Crippen molar-refractivity contribution in [1.29, 1.82) is 0 Å². The van der Waals surface area contributed by atoms with E-state index < -0.39 is 6.03 Å². The Morgan fingerprint density at radius 2 is 2.05 bits per heavy atom. The highest BCUT2D eigenvalue weighted by atomic mass is 16.2.